The molecule has 4 aromatic heterocycles. The summed E-state index contributed by atoms with van der Waals surface area (Å²) in [4.78, 5) is 59.6. The average Bonchev–Trinajstić information content (AvgIpc) is 3.52. The van der Waals surface area contributed by atoms with E-state index in [4.69, 9.17) is 0 Å². The van der Waals surface area contributed by atoms with E-state index >= 15 is 0 Å². The summed E-state index contributed by atoms with van der Waals surface area (Å²) in [6, 6.07) is 4.76. The Kier molecular flexibility index (Phi) is 4.98. The molecule has 1 fully saturated rings. The maximum absolute atomic E-state index is 13.4. The van der Waals surface area contributed by atoms with Crippen molar-refractivity contribution in [2.75, 3.05) is 18.4 Å². The van der Waals surface area contributed by atoms with Crippen molar-refractivity contribution in [3.63, 3.8) is 0 Å². The maximum atomic E-state index is 13.4. The predicted molar refractivity (Wildman–Crippen MR) is 127 cm³/mol. The van der Waals surface area contributed by atoms with Gasteiger partial charge < -0.3 is 15.2 Å². The molecule has 0 unspecified atom stereocenters. The van der Waals surface area contributed by atoms with Crippen molar-refractivity contribution in [1.29, 1.82) is 0 Å². The number of carbonyl (C=O) groups excluding carboxylic acids is 2. The molecule has 5 rings (SSSR count). The van der Waals surface area contributed by atoms with Crippen molar-refractivity contribution in [1.82, 2.24) is 14.3 Å². The molecule has 0 radical (unpaired) electrons. The molecule has 2 amide bonds. The van der Waals surface area contributed by atoms with Gasteiger partial charge >= 0.3 is 0 Å². The van der Waals surface area contributed by atoms with E-state index in [2.05, 4.69) is 10.3 Å². The minimum Gasteiger partial charge on any atom is -0.339 e. The van der Waals surface area contributed by atoms with Crippen molar-refractivity contribution in [3.05, 3.63) is 65.2 Å². The smallest absolute Gasteiger partial charge is 0.283 e. The van der Waals surface area contributed by atoms with E-state index in [0.717, 1.165) is 27.7 Å². The summed E-state index contributed by atoms with van der Waals surface area (Å²) >= 11 is 2.65. The molecule has 0 saturated carbocycles. The van der Waals surface area contributed by atoms with Crippen LogP contribution in [0.15, 0.2) is 33.2 Å². The number of hydrogen-bond acceptors (Lipinski definition) is 6. The molecule has 1 saturated heterocycles. The maximum Gasteiger partial charge on any atom is 0.283 e. The molecule has 5 heterocycles. The largest absolute Gasteiger partial charge is 0.339 e. The van der Waals surface area contributed by atoms with E-state index in [1.165, 1.54) is 28.7 Å². The normalized spacial score (nSPS) is 13.9. The molecule has 0 bridgehead atoms. The van der Waals surface area contributed by atoms with Gasteiger partial charge in [0.15, 0.2) is 0 Å². The number of anilines is 1. The number of aromatic nitrogens is 2. The van der Waals surface area contributed by atoms with Crippen LogP contribution in [0.25, 0.3) is 15.9 Å². The van der Waals surface area contributed by atoms with Crippen molar-refractivity contribution < 1.29 is 9.59 Å². The van der Waals surface area contributed by atoms with Crippen molar-refractivity contribution in [3.8, 4) is 0 Å². The molecule has 1 aliphatic heterocycles. The zero-order valence-electron chi connectivity index (χ0n) is 17.5. The van der Waals surface area contributed by atoms with Crippen molar-refractivity contribution in [2.45, 2.75) is 26.7 Å². The van der Waals surface area contributed by atoms with Gasteiger partial charge in [-0.3, -0.25) is 19.2 Å². The Hall–Kier alpha value is -3.24. The van der Waals surface area contributed by atoms with Crippen LogP contribution in [0.1, 0.15) is 43.3 Å². The fourth-order valence-corrected chi connectivity index (χ4v) is 5.73. The number of carbonyl (C=O) groups is 2. The number of amides is 2. The number of thiophene rings is 2. The van der Waals surface area contributed by atoms with E-state index < -0.39 is 17.0 Å². The van der Waals surface area contributed by atoms with Crippen LogP contribution in [-0.2, 0) is 0 Å². The molecule has 164 valence electrons. The second-order valence-electron chi connectivity index (χ2n) is 7.81. The van der Waals surface area contributed by atoms with Gasteiger partial charge in [-0.2, -0.15) is 0 Å². The quantitative estimate of drug-likeness (QED) is 0.481. The number of pyridine rings is 1. The number of aryl methyl sites for hydroxylation is 2. The summed E-state index contributed by atoms with van der Waals surface area (Å²) in [5, 5.41) is 4.78. The Morgan fingerprint density at radius 2 is 1.88 bits per heavy atom. The second-order valence-corrected chi connectivity index (χ2v) is 9.98. The standard InChI is InChI=1S/C22H20N4O4S2/c1-11-12(2)32-19-16(11)22(30)26-17(24-19)13(20(28)25-7-3-4-8-25)10-14(21(26)29)23-18(27)15-6-5-9-31-15/h5-6,9-10,24H,3-4,7-8H2,1-2H3,(H,23,27). The fraction of sp³-hybridized carbons (Fsp3) is 0.273. The molecule has 2 N–H and O–H groups in total. The van der Waals surface area contributed by atoms with Crippen LogP contribution in [0.4, 0.5) is 5.69 Å². The molecule has 0 atom stereocenters. The molecule has 1 aliphatic rings. The van der Waals surface area contributed by atoms with Gasteiger partial charge in [0.2, 0.25) is 0 Å². The zero-order chi connectivity index (χ0) is 22.6. The lowest BCUT2D eigenvalue weighted by atomic mass is 10.2. The first-order valence-corrected chi connectivity index (χ1v) is 11.9. The third-order valence-electron chi connectivity index (χ3n) is 5.85. The molecular formula is C22H20N4O4S2. The number of aromatic amines is 1. The summed E-state index contributed by atoms with van der Waals surface area (Å²) in [6.07, 6.45) is 1.81. The van der Waals surface area contributed by atoms with Gasteiger partial charge in [0.05, 0.1) is 15.8 Å². The first kappa shape index (κ1) is 20.7. The first-order chi connectivity index (χ1) is 15.4. The van der Waals surface area contributed by atoms with Crippen LogP contribution in [0.2, 0.25) is 0 Å². The first-order valence-electron chi connectivity index (χ1n) is 10.2. The van der Waals surface area contributed by atoms with Crippen LogP contribution >= 0.6 is 22.7 Å². The molecule has 32 heavy (non-hydrogen) atoms. The number of H-pyrrole nitrogens is 1. The Balaban J connectivity index is 1.79. The van der Waals surface area contributed by atoms with Gasteiger partial charge in [-0.1, -0.05) is 6.07 Å². The second kappa shape index (κ2) is 7.72. The lowest BCUT2D eigenvalue weighted by Gasteiger charge is -2.17. The average molecular weight is 469 g/mol. The van der Waals surface area contributed by atoms with Crippen molar-refractivity contribution in [2.24, 2.45) is 0 Å². The van der Waals surface area contributed by atoms with Crippen molar-refractivity contribution >= 4 is 56.0 Å². The van der Waals surface area contributed by atoms with Crippen LogP contribution in [0.5, 0.6) is 0 Å². The van der Waals surface area contributed by atoms with Gasteiger partial charge in [0.1, 0.15) is 16.2 Å². The number of rotatable bonds is 3. The summed E-state index contributed by atoms with van der Waals surface area (Å²) in [6.45, 7) is 4.97. The van der Waals surface area contributed by atoms with Gasteiger partial charge in [0, 0.05) is 18.0 Å². The van der Waals surface area contributed by atoms with E-state index in [-0.39, 0.29) is 22.8 Å². The molecular weight excluding hydrogens is 448 g/mol. The Labute approximate surface area is 190 Å². The highest BCUT2D eigenvalue weighted by molar-refractivity contribution is 7.18. The zero-order valence-corrected chi connectivity index (χ0v) is 19.1. The number of nitrogens with one attached hydrogen (secondary N) is 2. The highest BCUT2D eigenvalue weighted by Gasteiger charge is 2.26. The predicted octanol–water partition coefficient (Wildman–Crippen LogP) is 3.37. The number of nitrogens with zero attached hydrogens (tertiary/aromatic N) is 2. The highest BCUT2D eigenvalue weighted by atomic mass is 32.1. The number of fused-ring (bicyclic) bond motifs is 2. The van der Waals surface area contributed by atoms with E-state index in [9.17, 15) is 19.2 Å². The molecule has 0 aromatic carbocycles. The molecule has 8 nitrogen and oxygen atoms in total. The topological polar surface area (TPSA) is 104 Å². The summed E-state index contributed by atoms with van der Waals surface area (Å²) in [7, 11) is 0. The molecule has 0 spiro atoms. The minimum absolute atomic E-state index is 0.0992. The Morgan fingerprint density at radius 1 is 1.12 bits per heavy atom. The summed E-state index contributed by atoms with van der Waals surface area (Å²) in [5.41, 5.74) is -0.133. The SMILES string of the molecule is Cc1sc2[nH]c3c(C(=O)N4CCCC4)cc(NC(=O)c4cccs4)c(=O)n3c(=O)c2c1C. The highest BCUT2D eigenvalue weighted by Crippen LogP contribution is 2.27. The van der Waals surface area contributed by atoms with Gasteiger partial charge in [-0.25, -0.2) is 4.40 Å². The van der Waals surface area contributed by atoms with E-state index in [0.29, 0.717) is 28.2 Å². The third kappa shape index (κ3) is 3.18. The summed E-state index contributed by atoms with van der Waals surface area (Å²) in [5.74, 6) is -0.733. The third-order valence-corrected chi connectivity index (χ3v) is 7.84. The van der Waals surface area contributed by atoms with Crippen LogP contribution in [0.3, 0.4) is 0 Å². The monoisotopic (exact) mass is 468 g/mol. The van der Waals surface area contributed by atoms with Crippen LogP contribution in [0, 0.1) is 13.8 Å². The van der Waals surface area contributed by atoms with Crippen LogP contribution < -0.4 is 16.4 Å². The Morgan fingerprint density at radius 3 is 2.56 bits per heavy atom. The molecule has 10 heteroatoms. The number of hydrogen-bond donors (Lipinski definition) is 2. The number of likely N-dealkylation sites (tertiary alicyclic amines) is 1. The fourth-order valence-electron chi connectivity index (χ4n) is 4.06. The molecule has 0 aliphatic carbocycles. The summed E-state index contributed by atoms with van der Waals surface area (Å²) < 4.78 is 0.981. The van der Waals surface area contributed by atoms with E-state index in [1.807, 2.05) is 13.8 Å². The van der Waals surface area contributed by atoms with Gasteiger partial charge in [-0.15, -0.1) is 22.7 Å². The lowest BCUT2D eigenvalue weighted by Crippen LogP contribution is -2.35. The van der Waals surface area contributed by atoms with Crippen LogP contribution in [-0.4, -0.2) is 39.2 Å². The van der Waals surface area contributed by atoms with Gasteiger partial charge in [0.25, 0.3) is 22.9 Å². The van der Waals surface area contributed by atoms with Gasteiger partial charge in [-0.05, 0) is 49.8 Å². The van der Waals surface area contributed by atoms with E-state index in [1.54, 1.807) is 22.4 Å². The Bertz CT molecular complexity index is 1510. The molecule has 4 aromatic rings. The minimum atomic E-state index is -0.672. The lowest BCUT2D eigenvalue weighted by molar-refractivity contribution is 0.0793.